The summed E-state index contributed by atoms with van der Waals surface area (Å²) in [6.45, 7) is 4.08. The number of fused-ring (bicyclic) bond motifs is 1. The molecule has 0 saturated carbocycles. The Bertz CT molecular complexity index is 603. The van der Waals surface area contributed by atoms with Gasteiger partial charge < -0.3 is 9.84 Å². The first kappa shape index (κ1) is 13.3. The van der Waals surface area contributed by atoms with E-state index >= 15 is 0 Å². The first-order valence-corrected chi connectivity index (χ1v) is 7.22. The first-order chi connectivity index (χ1) is 9.62. The highest BCUT2D eigenvalue weighted by Gasteiger charge is 2.30. The third kappa shape index (κ3) is 2.24. The zero-order valence-corrected chi connectivity index (χ0v) is 12.3. The lowest BCUT2D eigenvalue weighted by Crippen LogP contribution is -2.33. The maximum atomic E-state index is 5.46. The molecule has 1 aliphatic carbocycles. The number of nitrogens with zero attached hydrogens (tertiary/aromatic N) is 2. The zero-order chi connectivity index (χ0) is 14.2. The zero-order valence-electron chi connectivity index (χ0n) is 12.3. The molecular formula is C16H21N3O. The van der Waals surface area contributed by atoms with Crippen LogP contribution in [-0.2, 0) is 12.0 Å². The Balaban J connectivity index is 1.95. The van der Waals surface area contributed by atoms with Crippen molar-refractivity contribution < 1.29 is 4.52 Å². The van der Waals surface area contributed by atoms with Crippen molar-refractivity contribution in [3.05, 3.63) is 47.1 Å². The van der Waals surface area contributed by atoms with Crippen molar-refractivity contribution in [3.8, 4) is 0 Å². The fraction of sp³-hybridized carbons (Fsp3) is 0.500. The third-order valence-electron chi connectivity index (χ3n) is 4.28. The van der Waals surface area contributed by atoms with Crippen LogP contribution >= 0.6 is 0 Å². The molecule has 20 heavy (non-hydrogen) atoms. The molecule has 1 unspecified atom stereocenters. The Morgan fingerprint density at radius 2 is 2.10 bits per heavy atom. The van der Waals surface area contributed by atoms with Crippen LogP contribution in [0.3, 0.4) is 0 Å². The molecule has 1 atom stereocenters. The Morgan fingerprint density at radius 1 is 1.30 bits per heavy atom. The van der Waals surface area contributed by atoms with Crippen molar-refractivity contribution in [1.82, 2.24) is 15.5 Å². The maximum absolute atomic E-state index is 5.46. The molecule has 1 aliphatic rings. The maximum Gasteiger partial charge on any atom is 0.246 e. The fourth-order valence-electron chi connectivity index (χ4n) is 2.76. The topological polar surface area (TPSA) is 51.0 Å². The van der Waals surface area contributed by atoms with Gasteiger partial charge in [0.15, 0.2) is 5.82 Å². The average Bonchev–Trinajstić information content (AvgIpc) is 2.97. The molecular weight excluding hydrogens is 250 g/mol. The molecule has 0 aliphatic heterocycles. The van der Waals surface area contributed by atoms with E-state index < -0.39 is 0 Å². The summed E-state index contributed by atoms with van der Waals surface area (Å²) in [7, 11) is 1.90. The van der Waals surface area contributed by atoms with E-state index in [4.69, 9.17) is 4.52 Å². The van der Waals surface area contributed by atoms with Gasteiger partial charge in [0, 0.05) is 5.92 Å². The predicted molar refractivity (Wildman–Crippen MR) is 77.6 cm³/mol. The predicted octanol–water partition coefficient (Wildman–Crippen LogP) is 2.99. The highest BCUT2D eigenvalue weighted by molar-refractivity contribution is 5.36. The lowest BCUT2D eigenvalue weighted by molar-refractivity contribution is 0.279. The quantitative estimate of drug-likeness (QED) is 0.932. The standard InChI is InChI=1S/C16H21N3O/c1-16(2,17-3)15-18-14(19-20-15)13-10-6-8-11-7-4-5-9-12(11)13/h4-5,7,9,13,17H,6,8,10H2,1-3H3. The van der Waals surface area contributed by atoms with E-state index in [1.807, 2.05) is 20.9 Å². The lowest BCUT2D eigenvalue weighted by atomic mass is 9.82. The van der Waals surface area contributed by atoms with E-state index in [0.29, 0.717) is 5.89 Å². The van der Waals surface area contributed by atoms with Gasteiger partial charge in [-0.3, -0.25) is 0 Å². The van der Waals surface area contributed by atoms with Gasteiger partial charge >= 0.3 is 0 Å². The summed E-state index contributed by atoms with van der Waals surface area (Å²) in [4.78, 5) is 4.64. The monoisotopic (exact) mass is 271 g/mol. The van der Waals surface area contributed by atoms with Crippen LogP contribution in [0, 0.1) is 0 Å². The number of benzene rings is 1. The van der Waals surface area contributed by atoms with E-state index in [-0.39, 0.29) is 11.5 Å². The highest BCUT2D eigenvalue weighted by Crippen LogP contribution is 2.35. The average molecular weight is 271 g/mol. The van der Waals surface area contributed by atoms with Crippen LogP contribution < -0.4 is 5.32 Å². The third-order valence-corrected chi connectivity index (χ3v) is 4.28. The molecule has 4 heteroatoms. The molecule has 4 nitrogen and oxygen atoms in total. The van der Waals surface area contributed by atoms with E-state index in [1.54, 1.807) is 0 Å². The Labute approximate surface area is 119 Å². The molecule has 3 rings (SSSR count). The Morgan fingerprint density at radius 3 is 2.90 bits per heavy atom. The molecule has 106 valence electrons. The molecule has 1 aromatic carbocycles. The summed E-state index contributed by atoms with van der Waals surface area (Å²) in [6, 6.07) is 8.60. The Hall–Kier alpha value is -1.68. The van der Waals surface area contributed by atoms with Crippen molar-refractivity contribution in [2.24, 2.45) is 0 Å². The summed E-state index contributed by atoms with van der Waals surface area (Å²) in [5.41, 5.74) is 2.48. The van der Waals surface area contributed by atoms with Crippen LogP contribution in [0.1, 0.15) is 55.4 Å². The van der Waals surface area contributed by atoms with Gasteiger partial charge in [-0.15, -0.1) is 0 Å². The van der Waals surface area contributed by atoms with Crippen molar-refractivity contribution in [2.75, 3.05) is 7.05 Å². The number of aryl methyl sites for hydroxylation is 1. The van der Waals surface area contributed by atoms with Gasteiger partial charge in [-0.2, -0.15) is 4.98 Å². The summed E-state index contributed by atoms with van der Waals surface area (Å²) >= 11 is 0. The minimum atomic E-state index is -0.292. The lowest BCUT2D eigenvalue weighted by Gasteiger charge is -2.23. The van der Waals surface area contributed by atoms with E-state index in [1.165, 1.54) is 17.5 Å². The Kier molecular flexibility index (Phi) is 3.34. The SMILES string of the molecule is CNC(C)(C)c1nc(C2CCCc3ccccc32)no1. The molecule has 0 radical (unpaired) electrons. The molecule has 0 saturated heterocycles. The summed E-state index contributed by atoms with van der Waals surface area (Å²) < 4.78 is 5.46. The van der Waals surface area contributed by atoms with Crippen molar-refractivity contribution in [3.63, 3.8) is 0 Å². The van der Waals surface area contributed by atoms with E-state index in [9.17, 15) is 0 Å². The van der Waals surface area contributed by atoms with Crippen LogP contribution in [0.25, 0.3) is 0 Å². The molecule has 1 N–H and O–H groups in total. The number of hydrogen-bond acceptors (Lipinski definition) is 4. The smallest absolute Gasteiger partial charge is 0.246 e. The van der Waals surface area contributed by atoms with Gasteiger partial charge in [-0.25, -0.2) is 0 Å². The van der Waals surface area contributed by atoms with Gasteiger partial charge in [-0.05, 0) is 51.3 Å². The van der Waals surface area contributed by atoms with Crippen LogP contribution in [0.2, 0.25) is 0 Å². The van der Waals surface area contributed by atoms with Gasteiger partial charge in [-0.1, -0.05) is 29.4 Å². The van der Waals surface area contributed by atoms with Crippen LogP contribution in [0.4, 0.5) is 0 Å². The second-order valence-electron chi connectivity index (χ2n) is 5.98. The largest absolute Gasteiger partial charge is 0.337 e. The summed E-state index contributed by atoms with van der Waals surface area (Å²) in [6.07, 6.45) is 3.43. The second kappa shape index (κ2) is 5.02. The fourth-order valence-corrected chi connectivity index (χ4v) is 2.76. The van der Waals surface area contributed by atoms with Crippen molar-refractivity contribution in [1.29, 1.82) is 0 Å². The van der Waals surface area contributed by atoms with E-state index in [2.05, 4.69) is 39.7 Å². The molecule has 0 fully saturated rings. The molecule has 1 heterocycles. The number of hydrogen-bond donors (Lipinski definition) is 1. The van der Waals surface area contributed by atoms with Crippen LogP contribution in [-0.4, -0.2) is 17.2 Å². The summed E-state index contributed by atoms with van der Waals surface area (Å²) in [5, 5.41) is 7.42. The van der Waals surface area contributed by atoms with Gasteiger partial charge in [0.2, 0.25) is 5.89 Å². The minimum Gasteiger partial charge on any atom is -0.337 e. The normalized spacial score (nSPS) is 18.9. The molecule has 2 aromatic rings. The highest BCUT2D eigenvalue weighted by atomic mass is 16.5. The molecule has 0 bridgehead atoms. The van der Waals surface area contributed by atoms with Gasteiger partial charge in [0.05, 0.1) is 5.54 Å². The van der Waals surface area contributed by atoms with E-state index in [0.717, 1.165) is 18.7 Å². The molecule has 1 aromatic heterocycles. The number of aromatic nitrogens is 2. The first-order valence-electron chi connectivity index (χ1n) is 7.22. The van der Waals surface area contributed by atoms with Crippen molar-refractivity contribution in [2.45, 2.75) is 44.6 Å². The minimum absolute atomic E-state index is 0.269. The van der Waals surface area contributed by atoms with Gasteiger partial charge in [0.25, 0.3) is 0 Å². The molecule has 0 spiro atoms. The van der Waals surface area contributed by atoms with Crippen LogP contribution in [0.15, 0.2) is 28.8 Å². The van der Waals surface area contributed by atoms with Gasteiger partial charge in [0.1, 0.15) is 0 Å². The number of rotatable bonds is 3. The van der Waals surface area contributed by atoms with Crippen molar-refractivity contribution >= 4 is 0 Å². The van der Waals surface area contributed by atoms with Crippen LogP contribution in [0.5, 0.6) is 0 Å². The molecule has 0 amide bonds. The number of nitrogens with one attached hydrogen (secondary N) is 1. The summed E-state index contributed by atoms with van der Waals surface area (Å²) in [5.74, 6) is 1.73. The second-order valence-corrected chi connectivity index (χ2v) is 5.98.